The molecule has 0 aromatic heterocycles. The van der Waals surface area contributed by atoms with E-state index in [1.54, 1.807) is 5.57 Å². The molecule has 0 saturated carbocycles. The maximum atomic E-state index is 3.52. The first-order chi connectivity index (χ1) is 23.0. The number of rotatable bonds is 5. The molecule has 51 heavy (non-hydrogen) atoms. The normalized spacial score (nSPS) is 14.3. The van der Waals surface area contributed by atoms with Crippen molar-refractivity contribution >= 4 is 24.8 Å². The van der Waals surface area contributed by atoms with Crippen LogP contribution >= 0.6 is 0 Å². The minimum atomic E-state index is 0. The maximum absolute atomic E-state index is 3.52. The molecule has 270 valence electrons. The Morgan fingerprint density at radius 1 is 0.608 bits per heavy atom. The second-order valence-electron chi connectivity index (χ2n) is 16.6. The fourth-order valence-corrected chi connectivity index (χ4v) is 7.43. The summed E-state index contributed by atoms with van der Waals surface area (Å²) in [4.78, 5) is 0. The number of benzene rings is 4. The number of allylic oxidation sites excluding steroid dienone is 4. The molecular weight excluding hydrogens is 739 g/mol. The van der Waals surface area contributed by atoms with E-state index >= 15 is 0 Å². The Balaban J connectivity index is 0.000000269. The van der Waals surface area contributed by atoms with E-state index in [2.05, 4.69) is 198 Å². The molecule has 0 spiro atoms. The molecule has 0 saturated heterocycles. The summed E-state index contributed by atoms with van der Waals surface area (Å²) >= 11 is 1.46. The molecule has 1 atom stereocenters. The summed E-state index contributed by atoms with van der Waals surface area (Å²) in [5.74, 6) is 2.54. The van der Waals surface area contributed by atoms with E-state index in [1.165, 1.54) is 76.8 Å². The molecule has 0 N–H and O–H groups in total. The van der Waals surface area contributed by atoms with Gasteiger partial charge in [-0.3, -0.25) is 6.08 Å². The van der Waals surface area contributed by atoms with Crippen molar-refractivity contribution in [3.8, 4) is 0 Å². The van der Waals surface area contributed by atoms with Crippen LogP contribution in [0.1, 0.15) is 105 Å². The summed E-state index contributed by atoms with van der Waals surface area (Å²) in [6.45, 7) is 27.4. The number of hydrogen-bond donors (Lipinski definition) is 0. The molecule has 0 bridgehead atoms. The molecule has 0 amide bonds. The van der Waals surface area contributed by atoms with Gasteiger partial charge in [0.25, 0.3) is 0 Å². The van der Waals surface area contributed by atoms with Gasteiger partial charge < -0.3 is 24.8 Å². The van der Waals surface area contributed by atoms with E-state index in [-0.39, 0.29) is 35.6 Å². The minimum absolute atomic E-state index is 0. The number of fused-ring (bicyclic) bond motifs is 3. The van der Waals surface area contributed by atoms with Gasteiger partial charge in [0.2, 0.25) is 0 Å². The molecule has 0 heterocycles. The molecule has 5 aromatic rings. The van der Waals surface area contributed by atoms with Crippen molar-refractivity contribution in [1.29, 1.82) is 0 Å². The van der Waals surface area contributed by atoms with Gasteiger partial charge in [-0.15, -0.1) is 39.7 Å². The Labute approximate surface area is 337 Å². The fourth-order valence-electron chi connectivity index (χ4n) is 6.61. The molecule has 0 aliphatic heterocycles. The topological polar surface area (TPSA) is 0 Å². The van der Waals surface area contributed by atoms with Crippen molar-refractivity contribution in [3.05, 3.63) is 149 Å². The first-order valence-electron chi connectivity index (χ1n) is 18.2. The standard InChI is InChI=1S/C21H25.C14H23.C13H10.2ClH.Zr/c1-20(2,3)16-7-9-18-14(12-16)11-15-13-17(21(4,5)6)8-10-19(15)18;1-9(2)12-7-8-13(10(3)4)14(12)11(5)6;1-3-7-12(8-4-1)11-13-9-5-2-6-10-13;;;/h7-13H,1-6H3;7,9-11,13H,1-6H3;1-10H;2*1H;/q2*-1;;;;+2/p-2. The van der Waals surface area contributed by atoms with Crippen LogP contribution in [0.5, 0.6) is 0 Å². The summed E-state index contributed by atoms with van der Waals surface area (Å²) < 4.78 is 1.42. The quantitative estimate of drug-likeness (QED) is 0.163. The molecular formula is C48H58Cl2Zr-2. The van der Waals surface area contributed by atoms with E-state index in [0.29, 0.717) is 23.7 Å². The van der Waals surface area contributed by atoms with Gasteiger partial charge in [-0.2, -0.15) is 11.1 Å². The van der Waals surface area contributed by atoms with Crippen molar-refractivity contribution in [2.45, 2.75) is 93.9 Å². The molecule has 0 radical (unpaired) electrons. The van der Waals surface area contributed by atoms with Crippen LogP contribution in [0.15, 0.2) is 120 Å². The molecule has 1 unspecified atom stereocenters. The Bertz CT molecular complexity index is 1800. The second kappa shape index (κ2) is 19.1. The predicted molar refractivity (Wildman–Crippen MR) is 213 cm³/mol. The zero-order chi connectivity index (χ0) is 36.1. The molecule has 1 aliphatic rings. The van der Waals surface area contributed by atoms with Crippen molar-refractivity contribution in [3.63, 3.8) is 0 Å². The van der Waals surface area contributed by atoms with Gasteiger partial charge in [0.15, 0.2) is 0 Å². The third-order valence-corrected chi connectivity index (χ3v) is 11.0. The van der Waals surface area contributed by atoms with Crippen LogP contribution in [0, 0.1) is 29.7 Å². The summed E-state index contributed by atoms with van der Waals surface area (Å²) in [7, 11) is 0. The predicted octanol–water partition coefficient (Wildman–Crippen LogP) is 7.36. The van der Waals surface area contributed by atoms with Gasteiger partial charge in [-0.1, -0.05) is 136 Å². The van der Waals surface area contributed by atoms with E-state index in [1.807, 2.05) is 0 Å². The SMILES string of the molecule is CC(C)(C)c1ccc2c(c1)[cH-]c1cc(C(C)(C)C)ccc12.CC(C)C1=C(C(C)C)C(C(C)C)[C-]=C1.[Cl-].[Cl-].[Zr+2]=[C](c1ccccc1)c1ccccc1. The van der Waals surface area contributed by atoms with Crippen molar-refractivity contribution in [2.24, 2.45) is 23.7 Å². The second-order valence-corrected chi connectivity index (χ2v) is 17.8. The number of halogens is 2. The van der Waals surface area contributed by atoms with Gasteiger partial charge in [-0.25, -0.2) is 6.08 Å². The van der Waals surface area contributed by atoms with Crippen molar-refractivity contribution in [1.82, 2.24) is 0 Å². The fraction of sp³-hybridized carbons (Fsp3) is 0.375. The monoisotopic (exact) mass is 794 g/mol. The average Bonchev–Trinajstić information content (AvgIpc) is 3.67. The van der Waals surface area contributed by atoms with Gasteiger partial charge in [-0.05, 0) is 16.7 Å². The molecule has 3 heteroatoms. The zero-order valence-corrected chi connectivity index (χ0v) is 36.9. The number of hydrogen-bond acceptors (Lipinski definition) is 0. The van der Waals surface area contributed by atoms with Crippen LogP contribution < -0.4 is 24.8 Å². The van der Waals surface area contributed by atoms with Crippen LogP contribution in [0.2, 0.25) is 0 Å². The first kappa shape index (κ1) is 44.7. The first-order valence-corrected chi connectivity index (χ1v) is 19.4. The van der Waals surface area contributed by atoms with Gasteiger partial charge in [0.1, 0.15) is 0 Å². The Morgan fingerprint density at radius 2 is 1.02 bits per heavy atom. The van der Waals surface area contributed by atoms with E-state index in [9.17, 15) is 0 Å². The molecule has 6 rings (SSSR count). The van der Waals surface area contributed by atoms with Crippen molar-refractivity contribution in [2.75, 3.05) is 0 Å². The van der Waals surface area contributed by atoms with E-state index in [0.717, 1.165) is 0 Å². The third kappa shape index (κ3) is 11.5. The van der Waals surface area contributed by atoms with Crippen LogP contribution in [-0.4, -0.2) is 3.21 Å². The molecule has 0 fully saturated rings. The van der Waals surface area contributed by atoms with Crippen LogP contribution in [0.3, 0.4) is 0 Å². The molecule has 0 nitrogen and oxygen atoms in total. The van der Waals surface area contributed by atoms with Crippen molar-refractivity contribution < 1.29 is 49.0 Å². The Kier molecular flexibility index (Phi) is 16.7. The average molecular weight is 797 g/mol. The third-order valence-electron chi connectivity index (χ3n) is 9.56. The van der Waals surface area contributed by atoms with Crippen LogP contribution in [-0.2, 0) is 35.1 Å². The van der Waals surface area contributed by atoms with Gasteiger partial charge in [0.05, 0.1) is 0 Å². The van der Waals surface area contributed by atoms with Crippen LogP contribution in [0.4, 0.5) is 0 Å². The van der Waals surface area contributed by atoms with Gasteiger partial charge in [0, 0.05) is 0 Å². The van der Waals surface area contributed by atoms with E-state index < -0.39 is 0 Å². The van der Waals surface area contributed by atoms with E-state index in [4.69, 9.17) is 0 Å². The molecule has 5 aromatic carbocycles. The Morgan fingerprint density at radius 3 is 1.35 bits per heavy atom. The Hall–Kier alpha value is -2.44. The summed E-state index contributed by atoms with van der Waals surface area (Å²) in [6.07, 6.45) is 5.75. The summed E-state index contributed by atoms with van der Waals surface area (Å²) in [6, 6.07) is 37.3. The molecule has 1 aliphatic carbocycles. The van der Waals surface area contributed by atoms with Gasteiger partial charge >= 0.3 is 99.2 Å². The summed E-state index contributed by atoms with van der Waals surface area (Å²) in [5, 5.41) is 5.48. The summed E-state index contributed by atoms with van der Waals surface area (Å²) in [5.41, 5.74) is 9.02. The zero-order valence-electron chi connectivity index (χ0n) is 33.0. The van der Waals surface area contributed by atoms with Crippen LogP contribution in [0.25, 0.3) is 21.5 Å².